The van der Waals surface area contributed by atoms with Gasteiger partial charge in [0.2, 0.25) is 5.91 Å². The number of halogens is 2. The summed E-state index contributed by atoms with van der Waals surface area (Å²) < 4.78 is 5.34. The zero-order valence-electron chi connectivity index (χ0n) is 16.2. The molecule has 1 aliphatic heterocycles. The van der Waals surface area contributed by atoms with Crippen LogP contribution in [0, 0.1) is 6.92 Å². The topological polar surface area (TPSA) is 57.7 Å². The fourth-order valence-electron chi connectivity index (χ4n) is 3.23. The third-order valence-corrected chi connectivity index (χ3v) is 5.65. The van der Waals surface area contributed by atoms with Gasteiger partial charge in [0.15, 0.2) is 0 Å². The minimum Gasteiger partial charge on any atom is -0.495 e. The first-order chi connectivity index (χ1) is 13.4. The van der Waals surface area contributed by atoms with E-state index in [9.17, 15) is 4.79 Å². The predicted octanol–water partition coefficient (Wildman–Crippen LogP) is 3.85. The number of nitrogens with one attached hydrogen (secondary N) is 1. The van der Waals surface area contributed by atoms with Gasteiger partial charge in [0.25, 0.3) is 0 Å². The molecule has 28 heavy (non-hydrogen) atoms. The first kappa shape index (κ1) is 20.7. The Labute approximate surface area is 175 Å². The summed E-state index contributed by atoms with van der Waals surface area (Å²) in [4.78, 5) is 21.5. The van der Waals surface area contributed by atoms with Crippen molar-refractivity contribution >= 4 is 40.6 Å². The summed E-state index contributed by atoms with van der Waals surface area (Å²) in [6, 6.07) is 7.04. The number of methoxy groups -OCH3 is 1. The molecule has 0 bridgehead atoms. The average molecular weight is 423 g/mol. The minimum atomic E-state index is -0.263. The molecule has 1 amide bonds. The number of ether oxygens (including phenoxy) is 1. The summed E-state index contributed by atoms with van der Waals surface area (Å²) in [5.74, 6) is 1.38. The first-order valence-electron chi connectivity index (χ1n) is 9.14. The van der Waals surface area contributed by atoms with Crippen LogP contribution in [-0.4, -0.2) is 55.1 Å². The molecule has 6 nitrogen and oxygen atoms in total. The zero-order valence-corrected chi connectivity index (χ0v) is 17.7. The molecule has 0 saturated carbocycles. The molecule has 2 aromatic rings. The van der Waals surface area contributed by atoms with E-state index in [1.165, 1.54) is 0 Å². The maximum atomic E-state index is 12.8. The van der Waals surface area contributed by atoms with Gasteiger partial charge < -0.3 is 15.0 Å². The van der Waals surface area contributed by atoms with Crippen LogP contribution in [0.1, 0.15) is 12.5 Å². The number of rotatable bonds is 5. The van der Waals surface area contributed by atoms with Crippen LogP contribution in [0.3, 0.4) is 0 Å². The lowest BCUT2D eigenvalue weighted by Gasteiger charge is -2.38. The number of amides is 1. The van der Waals surface area contributed by atoms with Gasteiger partial charge in [-0.05, 0) is 37.6 Å². The van der Waals surface area contributed by atoms with Gasteiger partial charge in [-0.2, -0.15) is 0 Å². The molecule has 0 spiro atoms. The maximum absolute atomic E-state index is 12.8. The Morgan fingerprint density at radius 2 is 1.93 bits per heavy atom. The molecule has 1 aromatic heterocycles. The Morgan fingerprint density at radius 3 is 2.54 bits per heavy atom. The molecule has 0 aliphatic carbocycles. The van der Waals surface area contributed by atoms with E-state index in [4.69, 9.17) is 27.9 Å². The molecule has 1 fully saturated rings. The summed E-state index contributed by atoms with van der Waals surface area (Å²) in [7, 11) is 1.56. The summed E-state index contributed by atoms with van der Waals surface area (Å²) in [5, 5.41) is 4.20. The number of benzene rings is 1. The maximum Gasteiger partial charge on any atom is 0.241 e. The Balaban J connectivity index is 1.60. The lowest BCUT2D eigenvalue weighted by molar-refractivity contribution is -0.120. The first-order valence-corrected chi connectivity index (χ1v) is 9.90. The van der Waals surface area contributed by atoms with E-state index in [1.807, 2.05) is 32.0 Å². The van der Waals surface area contributed by atoms with Gasteiger partial charge in [0.1, 0.15) is 11.6 Å². The number of carbonyl (C=O) groups is 1. The third-order valence-electron chi connectivity index (χ3n) is 5.02. The molecule has 3 rings (SSSR count). The molecular formula is C20H24Cl2N4O2. The molecule has 2 heterocycles. The van der Waals surface area contributed by atoms with Gasteiger partial charge in [-0.3, -0.25) is 9.69 Å². The molecule has 1 saturated heterocycles. The number of hydrogen-bond acceptors (Lipinski definition) is 5. The van der Waals surface area contributed by atoms with Crippen molar-refractivity contribution in [2.45, 2.75) is 19.9 Å². The molecule has 1 aromatic carbocycles. The lowest BCUT2D eigenvalue weighted by Crippen LogP contribution is -2.53. The number of aromatic nitrogens is 1. The zero-order chi connectivity index (χ0) is 20.3. The summed E-state index contributed by atoms with van der Waals surface area (Å²) in [6.45, 7) is 6.96. The van der Waals surface area contributed by atoms with Crippen molar-refractivity contribution in [2.24, 2.45) is 0 Å². The van der Waals surface area contributed by atoms with E-state index < -0.39 is 0 Å². The van der Waals surface area contributed by atoms with E-state index in [2.05, 4.69) is 20.1 Å². The number of piperazine rings is 1. The third kappa shape index (κ3) is 4.69. The highest BCUT2D eigenvalue weighted by Crippen LogP contribution is 2.31. The molecule has 150 valence electrons. The number of carbonyl (C=O) groups excluding carboxylic acids is 1. The Kier molecular flexibility index (Phi) is 6.65. The average Bonchev–Trinajstić information content (AvgIpc) is 2.70. The normalized spacial score (nSPS) is 16.0. The SMILES string of the molecule is COc1cc(Cl)c(C)cc1NC(=O)C(C)N1CCN(c2ccc(Cl)cn2)CC1. The summed E-state index contributed by atoms with van der Waals surface area (Å²) in [6.07, 6.45) is 1.65. The van der Waals surface area contributed by atoms with Crippen LogP contribution in [0.15, 0.2) is 30.5 Å². The van der Waals surface area contributed by atoms with E-state index in [-0.39, 0.29) is 11.9 Å². The van der Waals surface area contributed by atoms with Crippen molar-refractivity contribution in [1.82, 2.24) is 9.88 Å². The van der Waals surface area contributed by atoms with Crippen LogP contribution in [0.2, 0.25) is 10.0 Å². The van der Waals surface area contributed by atoms with Crippen molar-refractivity contribution in [2.75, 3.05) is 43.5 Å². The second-order valence-corrected chi connectivity index (χ2v) is 7.67. The predicted molar refractivity (Wildman–Crippen MR) is 114 cm³/mol. The number of anilines is 2. The lowest BCUT2D eigenvalue weighted by atomic mass is 10.1. The summed E-state index contributed by atoms with van der Waals surface area (Å²) >= 11 is 12.0. The molecule has 1 atom stereocenters. The fraction of sp³-hybridized carbons (Fsp3) is 0.400. The molecule has 1 N–H and O–H groups in total. The van der Waals surface area contributed by atoms with Crippen LogP contribution in [-0.2, 0) is 4.79 Å². The van der Waals surface area contributed by atoms with Crippen molar-refractivity contribution in [1.29, 1.82) is 0 Å². The van der Waals surface area contributed by atoms with Gasteiger partial charge >= 0.3 is 0 Å². The van der Waals surface area contributed by atoms with Crippen LogP contribution >= 0.6 is 23.2 Å². The monoisotopic (exact) mass is 422 g/mol. The second kappa shape index (κ2) is 8.99. The van der Waals surface area contributed by atoms with E-state index in [0.29, 0.717) is 21.5 Å². The molecule has 8 heteroatoms. The van der Waals surface area contributed by atoms with Gasteiger partial charge in [-0.1, -0.05) is 23.2 Å². The molecule has 1 aliphatic rings. The number of nitrogens with zero attached hydrogens (tertiary/aromatic N) is 3. The van der Waals surface area contributed by atoms with E-state index in [0.717, 1.165) is 37.6 Å². The van der Waals surface area contributed by atoms with Crippen LogP contribution < -0.4 is 15.0 Å². The van der Waals surface area contributed by atoms with Crippen LogP contribution in [0.5, 0.6) is 5.75 Å². The Bertz CT molecular complexity index is 837. The largest absolute Gasteiger partial charge is 0.495 e. The number of hydrogen-bond donors (Lipinski definition) is 1. The van der Waals surface area contributed by atoms with Crippen LogP contribution in [0.4, 0.5) is 11.5 Å². The Morgan fingerprint density at radius 1 is 1.21 bits per heavy atom. The highest BCUT2D eigenvalue weighted by Gasteiger charge is 2.26. The van der Waals surface area contributed by atoms with Crippen LogP contribution in [0.25, 0.3) is 0 Å². The van der Waals surface area contributed by atoms with Crippen molar-refractivity contribution in [3.05, 3.63) is 46.1 Å². The van der Waals surface area contributed by atoms with E-state index in [1.54, 1.807) is 19.4 Å². The molecule has 0 radical (unpaired) electrons. The van der Waals surface area contributed by atoms with E-state index >= 15 is 0 Å². The van der Waals surface area contributed by atoms with Gasteiger partial charge in [-0.25, -0.2) is 4.98 Å². The second-order valence-electron chi connectivity index (χ2n) is 6.82. The quantitative estimate of drug-likeness (QED) is 0.792. The van der Waals surface area contributed by atoms with Gasteiger partial charge in [0, 0.05) is 43.5 Å². The highest BCUT2D eigenvalue weighted by atomic mass is 35.5. The molecule has 1 unspecified atom stereocenters. The van der Waals surface area contributed by atoms with Crippen molar-refractivity contribution in [3.63, 3.8) is 0 Å². The van der Waals surface area contributed by atoms with Gasteiger partial charge in [0.05, 0.1) is 23.9 Å². The van der Waals surface area contributed by atoms with Crippen molar-refractivity contribution < 1.29 is 9.53 Å². The highest BCUT2D eigenvalue weighted by molar-refractivity contribution is 6.31. The Hall–Kier alpha value is -2.02. The summed E-state index contributed by atoms with van der Waals surface area (Å²) in [5.41, 5.74) is 1.51. The van der Waals surface area contributed by atoms with Gasteiger partial charge in [-0.15, -0.1) is 0 Å². The van der Waals surface area contributed by atoms with Crippen molar-refractivity contribution in [3.8, 4) is 5.75 Å². The fourth-order valence-corrected chi connectivity index (χ4v) is 3.49. The number of pyridine rings is 1. The molecular weight excluding hydrogens is 399 g/mol. The standard InChI is InChI=1S/C20H24Cl2N4O2/c1-13-10-17(18(28-3)11-16(13)22)24-20(27)14(2)25-6-8-26(9-7-25)19-5-4-15(21)12-23-19/h4-5,10-12,14H,6-9H2,1-3H3,(H,24,27). The minimum absolute atomic E-state index is 0.0712. The number of aryl methyl sites for hydroxylation is 1. The smallest absolute Gasteiger partial charge is 0.241 e.